The van der Waals surface area contributed by atoms with Gasteiger partial charge in [0.1, 0.15) is 0 Å². The Bertz CT molecular complexity index is 757. The lowest BCUT2D eigenvalue weighted by Crippen LogP contribution is -2.45. The highest BCUT2D eigenvalue weighted by atomic mass is 79.9. The van der Waals surface area contributed by atoms with Gasteiger partial charge in [0, 0.05) is 40.2 Å². The third-order valence-electron chi connectivity index (χ3n) is 4.42. The van der Waals surface area contributed by atoms with Crippen LogP contribution in [0.5, 0.6) is 0 Å². The molecule has 0 saturated carbocycles. The number of fused-ring (bicyclic) bond motifs is 1. The van der Waals surface area contributed by atoms with E-state index in [-0.39, 0.29) is 0 Å². The topological polar surface area (TPSA) is 15.3 Å². The predicted molar refractivity (Wildman–Crippen MR) is 102 cm³/mol. The maximum Gasteiger partial charge on any atom is 0.0697 e. The summed E-state index contributed by atoms with van der Waals surface area (Å²) >= 11 is 5.48. The summed E-state index contributed by atoms with van der Waals surface area (Å²) in [4.78, 5) is 4.04. The zero-order valence-electron chi connectivity index (χ0n) is 12.8. The molecule has 1 aromatic heterocycles. The molecule has 1 aliphatic rings. The minimum Gasteiger partial charge on any atom is -0.314 e. The van der Waals surface area contributed by atoms with E-state index in [1.807, 2.05) is 11.3 Å². The van der Waals surface area contributed by atoms with Gasteiger partial charge in [-0.1, -0.05) is 46.3 Å². The Labute approximate surface area is 149 Å². The Balaban J connectivity index is 1.78. The van der Waals surface area contributed by atoms with E-state index in [4.69, 9.17) is 0 Å². The van der Waals surface area contributed by atoms with Crippen molar-refractivity contribution in [3.05, 3.63) is 69.5 Å². The van der Waals surface area contributed by atoms with E-state index in [0.29, 0.717) is 6.04 Å². The molecule has 118 valence electrons. The molecular formula is C19H19BrN2S. The zero-order chi connectivity index (χ0) is 15.6. The average Bonchev–Trinajstić information content (AvgIpc) is 3.01. The Morgan fingerprint density at radius 3 is 2.48 bits per heavy atom. The summed E-state index contributed by atoms with van der Waals surface area (Å²) in [5.74, 6) is 0. The first-order valence-corrected chi connectivity index (χ1v) is 9.61. The fourth-order valence-corrected chi connectivity index (χ4v) is 4.77. The molecular weight excluding hydrogens is 368 g/mol. The highest BCUT2D eigenvalue weighted by molar-refractivity contribution is 9.10. The van der Waals surface area contributed by atoms with E-state index in [0.717, 1.165) is 30.7 Å². The molecule has 1 saturated heterocycles. The Hall–Kier alpha value is -1.20. The smallest absolute Gasteiger partial charge is 0.0697 e. The third-order valence-corrected chi connectivity index (χ3v) is 6.11. The molecule has 2 aromatic carbocycles. The van der Waals surface area contributed by atoms with Crippen LogP contribution in [0.1, 0.15) is 16.5 Å². The molecule has 0 bridgehead atoms. The van der Waals surface area contributed by atoms with Crippen molar-refractivity contribution in [2.24, 2.45) is 0 Å². The third kappa shape index (κ3) is 3.22. The zero-order valence-corrected chi connectivity index (χ0v) is 15.2. The molecule has 0 amide bonds. The Morgan fingerprint density at radius 1 is 1.00 bits per heavy atom. The first-order chi connectivity index (χ1) is 11.3. The number of benzene rings is 2. The van der Waals surface area contributed by atoms with Gasteiger partial charge in [-0.2, -0.15) is 0 Å². The van der Waals surface area contributed by atoms with Crippen LogP contribution >= 0.6 is 27.3 Å². The van der Waals surface area contributed by atoms with Gasteiger partial charge < -0.3 is 5.32 Å². The van der Waals surface area contributed by atoms with Crippen molar-refractivity contribution in [2.45, 2.75) is 6.04 Å². The SMILES string of the molecule is Brc1ccc(C(c2cc3ccccc3s2)N2CCNCC2)cc1. The summed E-state index contributed by atoms with van der Waals surface area (Å²) in [5, 5.41) is 4.81. The molecule has 0 spiro atoms. The van der Waals surface area contributed by atoms with E-state index in [2.05, 4.69) is 80.7 Å². The van der Waals surface area contributed by atoms with Crippen LogP contribution in [-0.2, 0) is 0 Å². The molecule has 3 aromatic rings. The normalized spacial score (nSPS) is 17.4. The van der Waals surface area contributed by atoms with Crippen molar-refractivity contribution in [3.8, 4) is 0 Å². The minimum atomic E-state index is 0.350. The summed E-state index contributed by atoms with van der Waals surface area (Å²) < 4.78 is 2.51. The summed E-state index contributed by atoms with van der Waals surface area (Å²) in [6, 6.07) is 20.2. The Kier molecular flexibility index (Phi) is 4.49. The van der Waals surface area contributed by atoms with E-state index < -0.39 is 0 Å². The molecule has 1 N–H and O–H groups in total. The molecule has 2 heterocycles. The van der Waals surface area contributed by atoms with E-state index in [1.165, 1.54) is 20.5 Å². The van der Waals surface area contributed by atoms with Crippen LogP contribution in [0.4, 0.5) is 0 Å². The monoisotopic (exact) mass is 386 g/mol. The van der Waals surface area contributed by atoms with Crippen LogP contribution in [0.25, 0.3) is 10.1 Å². The van der Waals surface area contributed by atoms with Crippen molar-refractivity contribution >= 4 is 37.4 Å². The van der Waals surface area contributed by atoms with Crippen LogP contribution < -0.4 is 5.32 Å². The van der Waals surface area contributed by atoms with Crippen LogP contribution in [0.3, 0.4) is 0 Å². The van der Waals surface area contributed by atoms with Crippen LogP contribution in [0, 0.1) is 0 Å². The summed E-state index contributed by atoms with van der Waals surface area (Å²) in [5.41, 5.74) is 1.38. The lowest BCUT2D eigenvalue weighted by molar-refractivity contribution is 0.201. The van der Waals surface area contributed by atoms with Crippen molar-refractivity contribution in [2.75, 3.05) is 26.2 Å². The fraction of sp³-hybridized carbons (Fsp3) is 0.263. The summed E-state index contributed by atoms with van der Waals surface area (Å²) in [6.45, 7) is 4.32. The maximum atomic E-state index is 3.55. The van der Waals surface area contributed by atoms with Gasteiger partial charge >= 0.3 is 0 Å². The Morgan fingerprint density at radius 2 is 1.74 bits per heavy atom. The quantitative estimate of drug-likeness (QED) is 0.703. The molecule has 0 aliphatic carbocycles. The van der Waals surface area contributed by atoms with Gasteiger partial charge in [-0.05, 0) is 35.2 Å². The summed E-state index contributed by atoms with van der Waals surface area (Å²) in [6.07, 6.45) is 0. The van der Waals surface area contributed by atoms with Gasteiger partial charge in [0.05, 0.1) is 6.04 Å². The standard InChI is InChI=1S/C19H19BrN2S/c20-16-7-5-14(6-8-16)19(22-11-9-21-10-12-22)18-13-15-3-1-2-4-17(15)23-18/h1-8,13,19,21H,9-12H2. The molecule has 23 heavy (non-hydrogen) atoms. The number of thiophene rings is 1. The van der Waals surface area contributed by atoms with Gasteiger partial charge in [-0.15, -0.1) is 11.3 Å². The van der Waals surface area contributed by atoms with Gasteiger partial charge in [0.15, 0.2) is 0 Å². The van der Waals surface area contributed by atoms with Gasteiger partial charge in [0.25, 0.3) is 0 Å². The molecule has 1 atom stereocenters. The number of nitrogens with one attached hydrogen (secondary N) is 1. The number of rotatable bonds is 3. The largest absolute Gasteiger partial charge is 0.314 e. The predicted octanol–water partition coefficient (Wildman–Crippen LogP) is 4.66. The first kappa shape index (κ1) is 15.3. The number of nitrogens with zero attached hydrogens (tertiary/aromatic N) is 1. The van der Waals surface area contributed by atoms with E-state index >= 15 is 0 Å². The maximum absolute atomic E-state index is 3.55. The number of hydrogen-bond acceptors (Lipinski definition) is 3. The van der Waals surface area contributed by atoms with Crippen LogP contribution in [-0.4, -0.2) is 31.1 Å². The van der Waals surface area contributed by atoms with Crippen molar-refractivity contribution in [1.29, 1.82) is 0 Å². The second-order valence-corrected chi connectivity index (χ2v) is 7.96. The number of hydrogen-bond donors (Lipinski definition) is 1. The van der Waals surface area contributed by atoms with Crippen molar-refractivity contribution in [1.82, 2.24) is 10.2 Å². The average molecular weight is 387 g/mol. The molecule has 4 heteroatoms. The molecule has 4 rings (SSSR count). The number of piperazine rings is 1. The number of halogens is 1. The molecule has 1 fully saturated rings. The minimum absolute atomic E-state index is 0.350. The van der Waals surface area contributed by atoms with Crippen molar-refractivity contribution in [3.63, 3.8) is 0 Å². The molecule has 0 radical (unpaired) electrons. The van der Waals surface area contributed by atoms with Gasteiger partial charge in [0.2, 0.25) is 0 Å². The van der Waals surface area contributed by atoms with Crippen molar-refractivity contribution < 1.29 is 0 Å². The lowest BCUT2D eigenvalue weighted by atomic mass is 10.0. The second-order valence-electron chi connectivity index (χ2n) is 5.93. The fourth-order valence-electron chi connectivity index (χ4n) is 3.28. The van der Waals surface area contributed by atoms with E-state index in [1.54, 1.807) is 0 Å². The highest BCUT2D eigenvalue weighted by Crippen LogP contribution is 2.37. The van der Waals surface area contributed by atoms with Gasteiger partial charge in [-0.25, -0.2) is 0 Å². The highest BCUT2D eigenvalue weighted by Gasteiger charge is 2.25. The molecule has 1 aliphatic heterocycles. The van der Waals surface area contributed by atoms with Crippen LogP contribution in [0.15, 0.2) is 59.1 Å². The van der Waals surface area contributed by atoms with Crippen LogP contribution in [0.2, 0.25) is 0 Å². The molecule has 1 unspecified atom stereocenters. The van der Waals surface area contributed by atoms with E-state index in [9.17, 15) is 0 Å². The first-order valence-electron chi connectivity index (χ1n) is 8.00. The lowest BCUT2D eigenvalue weighted by Gasteiger charge is -2.34. The van der Waals surface area contributed by atoms with Gasteiger partial charge in [-0.3, -0.25) is 4.90 Å². The summed E-state index contributed by atoms with van der Waals surface area (Å²) in [7, 11) is 0. The second kappa shape index (κ2) is 6.73. The molecule has 2 nitrogen and oxygen atoms in total.